The monoisotopic (exact) mass is 618 g/mol. The van der Waals surface area contributed by atoms with E-state index >= 15 is 0 Å². The predicted molar refractivity (Wildman–Crippen MR) is 191 cm³/mol. The Hall–Kier alpha value is -6.73. The normalized spacial score (nSPS) is 11.4. The zero-order valence-corrected chi connectivity index (χ0v) is 25.6. The molecule has 0 saturated carbocycles. The van der Waals surface area contributed by atoms with E-state index in [0.717, 1.165) is 50.1 Å². The van der Waals surface area contributed by atoms with Gasteiger partial charge in [0.1, 0.15) is 0 Å². The van der Waals surface area contributed by atoms with Crippen LogP contribution in [0.15, 0.2) is 163 Å². The molecule has 0 saturated heterocycles. The molecular formula is C41H26N6O. The summed E-state index contributed by atoms with van der Waals surface area (Å²) >= 11 is 0. The summed E-state index contributed by atoms with van der Waals surface area (Å²) in [6, 6.07) is 51.7. The topological polar surface area (TPSA) is 78.0 Å². The molecule has 7 nitrogen and oxygen atoms in total. The Morgan fingerprint density at radius 2 is 0.938 bits per heavy atom. The first-order valence-corrected chi connectivity index (χ1v) is 15.7. The van der Waals surface area contributed by atoms with E-state index in [2.05, 4.69) is 16.5 Å². The Morgan fingerprint density at radius 1 is 0.417 bits per heavy atom. The van der Waals surface area contributed by atoms with Crippen molar-refractivity contribution in [2.24, 2.45) is 0 Å². The van der Waals surface area contributed by atoms with Gasteiger partial charge in [0, 0.05) is 16.7 Å². The smallest absolute Gasteiger partial charge is 0.267 e. The molecule has 0 bridgehead atoms. The van der Waals surface area contributed by atoms with E-state index in [9.17, 15) is 4.79 Å². The van der Waals surface area contributed by atoms with Gasteiger partial charge in [-0.15, -0.1) is 0 Å². The third-order valence-corrected chi connectivity index (χ3v) is 8.58. The highest BCUT2D eigenvalue weighted by molar-refractivity contribution is 5.90. The van der Waals surface area contributed by atoms with Gasteiger partial charge in [0.05, 0.1) is 27.6 Å². The minimum absolute atomic E-state index is 0.119. The third kappa shape index (κ3) is 4.65. The average Bonchev–Trinajstić information content (AvgIpc) is 3.55. The fourth-order valence-electron chi connectivity index (χ4n) is 6.29. The molecule has 9 rings (SSSR count). The number of fused-ring (bicyclic) bond motifs is 5. The van der Waals surface area contributed by atoms with Crippen LogP contribution in [0, 0.1) is 0 Å². The second kappa shape index (κ2) is 11.3. The van der Waals surface area contributed by atoms with Crippen LogP contribution in [0.4, 0.5) is 0 Å². The number of benzene rings is 6. The molecular weight excluding hydrogens is 592 g/mol. The fraction of sp³-hybridized carbons (Fsp3) is 0. The minimum Gasteiger partial charge on any atom is -0.277 e. The van der Waals surface area contributed by atoms with Crippen molar-refractivity contribution in [1.82, 2.24) is 28.9 Å². The molecule has 0 fully saturated rings. The number of rotatable bonds is 5. The Kier molecular flexibility index (Phi) is 6.47. The number of aromatic nitrogens is 6. The minimum atomic E-state index is -0.119. The lowest BCUT2D eigenvalue weighted by molar-refractivity contribution is 0.983. The fourth-order valence-corrected chi connectivity index (χ4v) is 6.29. The quantitative estimate of drug-likeness (QED) is 0.193. The Morgan fingerprint density at radius 3 is 1.65 bits per heavy atom. The molecule has 0 spiro atoms. The lowest BCUT2D eigenvalue weighted by atomic mass is 10.0. The second-order valence-electron chi connectivity index (χ2n) is 11.6. The van der Waals surface area contributed by atoms with Crippen LogP contribution >= 0.6 is 0 Å². The van der Waals surface area contributed by atoms with Crippen molar-refractivity contribution < 1.29 is 0 Å². The van der Waals surface area contributed by atoms with Crippen LogP contribution in [0.2, 0.25) is 0 Å². The first-order valence-electron chi connectivity index (χ1n) is 15.7. The van der Waals surface area contributed by atoms with Crippen LogP contribution in [0.5, 0.6) is 0 Å². The van der Waals surface area contributed by atoms with Crippen LogP contribution in [0.25, 0.3) is 78.7 Å². The Labute approximate surface area is 275 Å². The molecule has 0 aliphatic carbocycles. The number of nitrogens with zero attached hydrogens (tertiary/aromatic N) is 6. The number of para-hydroxylation sites is 3. The van der Waals surface area contributed by atoms with Crippen LogP contribution in [-0.4, -0.2) is 28.9 Å². The SMILES string of the molecule is O=c1c2ccccc2n2c3ccccc3nc2n1-c1cccc(-c2cccc(-c3nc(-c4ccccc4)nc(-c4ccccc4)n3)c2)c1. The average molecular weight is 619 g/mol. The van der Waals surface area contributed by atoms with Crippen LogP contribution in [-0.2, 0) is 0 Å². The zero-order valence-electron chi connectivity index (χ0n) is 25.6. The molecule has 7 heteroatoms. The van der Waals surface area contributed by atoms with Crippen molar-refractivity contribution in [2.45, 2.75) is 0 Å². The molecule has 0 aliphatic heterocycles. The second-order valence-corrected chi connectivity index (χ2v) is 11.6. The predicted octanol–water partition coefficient (Wildman–Crippen LogP) is 8.64. The number of imidazole rings is 1. The van der Waals surface area contributed by atoms with Crippen LogP contribution in [0.1, 0.15) is 0 Å². The van der Waals surface area contributed by atoms with E-state index in [1.165, 1.54) is 0 Å². The number of hydrogen-bond donors (Lipinski definition) is 0. The lowest BCUT2D eigenvalue weighted by Crippen LogP contribution is -2.21. The van der Waals surface area contributed by atoms with Gasteiger partial charge in [-0.1, -0.05) is 115 Å². The lowest BCUT2D eigenvalue weighted by Gasteiger charge is -2.13. The standard InChI is InChI=1S/C41H26N6O/c48-40-33-21-7-9-23-35(33)47-36-24-10-8-22-34(36)42-41(47)46(40)32-20-12-18-30(26-32)29-17-11-19-31(25-29)39-44-37(27-13-3-1-4-14-27)43-38(45-39)28-15-5-2-6-16-28/h1-26H. The highest BCUT2D eigenvalue weighted by Crippen LogP contribution is 2.30. The first-order chi connectivity index (χ1) is 23.7. The van der Waals surface area contributed by atoms with Gasteiger partial charge in [-0.2, -0.15) is 0 Å². The summed E-state index contributed by atoms with van der Waals surface area (Å²) < 4.78 is 3.77. The van der Waals surface area contributed by atoms with Gasteiger partial charge in [-0.25, -0.2) is 24.5 Å². The molecule has 0 amide bonds. The molecule has 6 aromatic carbocycles. The summed E-state index contributed by atoms with van der Waals surface area (Å²) in [5, 5.41) is 0.624. The van der Waals surface area contributed by atoms with Crippen molar-refractivity contribution in [3.8, 4) is 51.0 Å². The van der Waals surface area contributed by atoms with Crippen molar-refractivity contribution in [2.75, 3.05) is 0 Å². The summed E-state index contributed by atoms with van der Waals surface area (Å²) in [5.74, 6) is 2.37. The van der Waals surface area contributed by atoms with Crippen molar-refractivity contribution in [1.29, 1.82) is 0 Å². The van der Waals surface area contributed by atoms with E-state index in [-0.39, 0.29) is 5.56 Å². The van der Waals surface area contributed by atoms with E-state index < -0.39 is 0 Å². The largest absolute Gasteiger partial charge is 0.277 e. The molecule has 3 aromatic heterocycles. The van der Waals surface area contributed by atoms with E-state index in [1.54, 1.807) is 4.57 Å². The van der Waals surface area contributed by atoms with Gasteiger partial charge in [0.25, 0.3) is 5.56 Å². The van der Waals surface area contributed by atoms with E-state index in [1.807, 2.05) is 146 Å². The Balaban J connectivity index is 1.20. The van der Waals surface area contributed by atoms with Gasteiger partial charge in [-0.3, -0.25) is 9.20 Å². The molecule has 0 atom stereocenters. The molecule has 0 radical (unpaired) electrons. The summed E-state index contributed by atoms with van der Waals surface area (Å²) in [7, 11) is 0. The molecule has 9 aromatic rings. The Bertz CT molecular complexity index is 2640. The highest BCUT2D eigenvalue weighted by Gasteiger charge is 2.18. The van der Waals surface area contributed by atoms with Crippen molar-refractivity contribution >= 4 is 27.7 Å². The van der Waals surface area contributed by atoms with Crippen LogP contribution < -0.4 is 5.56 Å². The van der Waals surface area contributed by atoms with Crippen molar-refractivity contribution in [3.05, 3.63) is 168 Å². The van der Waals surface area contributed by atoms with E-state index in [4.69, 9.17) is 19.9 Å². The van der Waals surface area contributed by atoms with E-state index in [0.29, 0.717) is 28.6 Å². The summed E-state index contributed by atoms with van der Waals surface area (Å²) in [6.45, 7) is 0. The maximum absolute atomic E-state index is 14.1. The first kappa shape index (κ1) is 27.6. The van der Waals surface area contributed by atoms with Gasteiger partial charge in [0.2, 0.25) is 5.78 Å². The maximum Gasteiger partial charge on any atom is 0.267 e. The van der Waals surface area contributed by atoms with Crippen LogP contribution in [0.3, 0.4) is 0 Å². The zero-order chi connectivity index (χ0) is 32.0. The summed E-state index contributed by atoms with van der Waals surface area (Å²) in [6.07, 6.45) is 0. The highest BCUT2D eigenvalue weighted by atomic mass is 16.1. The summed E-state index contributed by atoms with van der Waals surface area (Å²) in [4.78, 5) is 33.7. The summed E-state index contributed by atoms with van der Waals surface area (Å²) in [5.41, 5.74) is 7.82. The molecule has 226 valence electrons. The molecule has 48 heavy (non-hydrogen) atoms. The van der Waals surface area contributed by atoms with Gasteiger partial charge in [-0.05, 0) is 53.6 Å². The molecule has 0 unspecified atom stereocenters. The van der Waals surface area contributed by atoms with Gasteiger partial charge >= 0.3 is 0 Å². The third-order valence-electron chi connectivity index (χ3n) is 8.58. The van der Waals surface area contributed by atoms with Crippen molar-refractivity contribution in [3.63, 3.8) is 0 Å². The molecule has 3 heterocycles. The number of hydrogen-bond acceptors (Lipinski definition) is 5. The molecule has 0 aliphatic rings. The van der Waals surface area contributed by atoms with Gasteiger partial charge < -0.3 is 0 Å². The molecule has 0 N–H and O–H groups in total. The van der Waals surface area contributed by atoms with Gasteiger partial charge in [0.15, 0.2) is 17.5 Å². The maximum atomic E-state index is 14.1.